The molecule has 0 aromatic rings. The Labute approximate surface area is 119 Å². The van der Waals surface area contributed by atoms with Crippen LogP contribution in [0.1, 0.15) is 38.5 Å². The van der Waals surface area contributed by atoms with Crippen molar-refractivity contribution in [2.75, 3.05) is 36.5 Å². The fourth-order valence-corrected chi connectivity index (χ4v) is 5.31. The van der Waals surface area contributed by atoms with Crippen molar-refractivity contribution in [1.82, 2.24) is 4.90 Å². The van der Waals surface area contributed by atoms with Gasteiger partial charge in [0.05, 0.1) is 11.5 Å². The summed E-state index contributed by atoms with van der Waals surface area (Å²) in [5.74, 6) is 0.732. The van der Waals surface area contributed by atoms with E-state index in [9.17, 15) is 8.42 Å². The number of sulfone groups is 1. The molecule has 0 N–H and O–H groups in total. The molecular formula is C13H24BrNO2S. The van der Waals surface area contributed by atoms with Crippen LogP contribution in [0, 0.1) is 5.41 Å². The lowest BCUT2D eigenvalue weighted by Crippen LogP contribution is -2.41. The van der Waals surface area contributed by atoms with Gasteiger partial charge in [0.25, 0.3) is 0 Å². The number of rotatable bonds is 3. The minimum atomic E-state index is -2.77. The quantitative estimate of drug-likeness (QED) is 0.742. The third-order valence-corrected chi connectivity index (χ3v) is 7.31. The van der Waals surface area contributed by atoms with Crippen LogP contribution in [0.2, 0.25) is 0 Å². The standard InChI is InChI=1S/C13H24BrNO2S/c14-11-13(5-2-1-3-6-13)12-15-7-4-9-18(16,17)10-8-15/h1-12H2. The highest BCUT2D eigenvalue weighted by molar-refractivity contribution is 9.09. The first-order valence-electron chi connectivity index (χ1n) is 7.04. The average Bonchev–Trinajstić information content (AvgIpc) is 2.52. The molecule has 2 aliphatic rings. The van der Waals surface area contributed by atoms with Crippen LogP contribution >= 0.6 is 15.9 Å². The molecule has 0 spiro atoms. The molecule has 0 unspecified atom stereocenters. The fourth-order valence-electron chi connectivity index (χ4n) is 3.26. The Morgan fingerprint density at radius 3 is 2.39 bits per heavy atom. The van der Waals surface area contributed by atoms with Gasteiger partial charge in [0, 0.05) is 18.4 Å². The molecule has 1 saturated carbocycles. The zero-order valence-corrected chi connectivity index (χ0v) is 13.4. The van der Waals surface area contributed by atoms with Crippen LogP contribution < -0.4 is 0 Å². The maximum absolute atomic E-state index is 11.6. The average molecular weight is 338 g/mol. The van der Waals surface area contributed by atoms with Crippen molar-refractivity contribution in [3.63, 3.8) is 0 Å². The maximum atomic E-state index is 11.6. The summed E-state index contributed by atoms with van der Waals surface area (Å²) in [6, 6.07) is 0. The van der Waals surface area contributed by atoms with E-state index in [0.29, 0.717) is 16.9 Å². The summed E-state index contributed by atoms with van der Waals surface area (Å²) >= 11 is 3.69. The molecule has 0 amide bonds. The van der Waals surface area contributed by atoms with Crippen LogP contribution in [0.3, 0.4) is 0 Å². The third-order valence-electron chi connectivity index (χ3n) is 4.40. The number of halogens is 1. The van der Waals surface area contributed by atoms with Crippen LogP contribution in [0.15, 0.2) is 0 Å². The first-order chi connectivity index (χ1) is 8.55. The van der Waals surface area contributed by atoms with Gasteiger partial charge in [0.2, 0.25) is 0 Å². The Bertz CT molecular complexity index is 363. The molecule has 0 radical (unpaired) electrons. The van der Waals surface area contributed by atoms with Crippen LogP contribution in [-0.2, 0) is 9.84 Å². The van der Waals surface area contributed by atoms with Crippen molar-refractivity contribution in [3.8, 4) is 0 Å². The third kappa shape index (κ3) is 3.94. The van der Waals surface area contributed by atoms with E-state index in [4.69, 9.17) is 0 Å². The van der Waals surface area contributed by atoms with E-state index in [1.54, 1.807) is 0 Å². The lowest BCUT2D eigenvalue weighted by atomic mass is 9.75. The largest absolute Gasteiger partial charge is 0.302 e. The molecule has 2 rings (SSSR count). The van der Waals surface area contributed by atoms with Gasteiger partial charge in [-0.2, -0.15) is 0 Å². The zero-order valence-electron chi connectivity index (χ0n) is 11.0. The van der Waals surface area contributed by atoms with Gasteiger partial charge in [0.15, 0.2) is 9.84 Å². The van der Waals surface area contributed by atoms with Crippen molar-refractivity contribution in [2.24, 2.45) is 5.41 Å². The van der Waals surface area contributed by atoms with Crippen LogP contribution in [0.25, 0.3) is 0 Å². The van der Waals surface area contributed by atoms with Gasteiger partial charge in [-0.3, -0.25) is 0 Å². The van der Waals surface area contributed by atoms with Crippen molar-refractivity contribution in [3.05, 3.63) is 0 Å². The molecule has 1 saturated heterocycles. The van der Waals surface area contributed by atoms with Gasteiger partial charge < -0.3 is 4.90 Å². The van der Waals surface area contributed by atoms with Crippen molar-refractivity contribution < 1.29 is 8.42 Å². The van der Waals surface area contributed by atoms with Crippen LogP contribution in [-0.4, -0.2) is 49.8 Å². The molecule has 1 aliphatic carbocycles. The molecule has 0 aromatic heterocycles. The summed E-state index contributed by atoms with van der Waals surface area (Å²) in [6.07, 6.45) is 7.42. The Balaban J connectivity index is 1.95. The van der Waals surface area contributed by atoms with Gasteiger partial charge in [-0.05, 0) is 31.2 Å². The predicted molar refractivity (Wildman–Crippen MR) is 79.0 cm³/mol. The lowest BCUT2D eigenvalue weighted by Gasteiger charge is -2.39. The Morgan fingerprint density at radius 2 is 1.72 bits per heavy atom. The molecule has 18 heavy (non-hydrogen) atoms. The Kier molecular flexibility index (Phi) is 5.12. The number of nitrogens with zero attached hydrogens (tertiary/aromatic N) is 1. The zero-order chi connectivity index (χ0) is 13.1. The van der Waals surface area contributed by atoms with Crippen LogP contribution in [0.4, 0.5) is 0 Å². The molecule has 0 aromatic carbocycles. The number of alkyl halides is 1. The van der Waals surface area contributed by atoms with E-state index >= 15 is 0 Å². The highest BCUT2D eigenvalue weighted by atomic mass is 79.9. The van der Waals surface area contributed by atoms with Gasteiger partial charge >= 0.3 is 0 Å². The maximum Gasteiger partial charge on any atom is 0.151 e. The van der Waals surface area contributed by atoms with E-state index in [-0.39, 0.29) is 0 Å². The fraction of sp³-hybridized carbons (Fsp3) is 1.00. The van der Waals surface area contributed by atoms with Gasteiger partial charge in [-0.1, -0.05) is 35.2 Å². The van der Waals surface area contributed by atoms with Gasteiger partial charge in [-0.15, -0.1) is 0 Å². The number of hydrogen-bond acceptors (Lipinski definition) is 3. The molecular weight excluding hydrogens is 314 g/mol. The highest BCUT2D eigenvalue weighted by Gasteiger charge is 2.33. The summed E-state index contributed by atoms with van der Waals surface area (Å²) < 4.78 is 23.2. The molecule has 0 bridgehead atoms. The smallest absolute Gasteiger partial charge is 0.151 e. The topological polar surface area (TPSA) is 37.4 Å². The van der Waals surface area contributed by atoms with Crippen molar-refractivity contribution in [1.29, 1.82) is 0 Å². The summed E-state index contributed by atoms with van der Waals surface area (Å²) in [4.78, 5) is 2.39. The second-order valence-corrected chi connectivity index (χ2v) is 8.84. The highest BCUT2D eigenvalue weighted by Crippen LogP contribution is 2.38. The molecule has 1 heterocycles. The summed E-state index contributed by atoms with van der Waals surface area (Å²) in [5.41, 5.74) is 0.395. The molecule has 3 nitrogen and oxygen atoms in total. The Morgan fingerprint density at radius 1 is 1.00 bits per heavy atom. The van der Waals surface area contributed by atoms with Gasteiger partial charge in [-0.25, -0.2) is 8.42 Å². The van der Waals surface area contributed by atoms with E-state index < -0.39 is 9.84 Å². The van der Waals surface area contributed by atoms with Gasteiger partial charge in [0.1, 0.15) is 0 Å². The monoisotopic (exact) mass is 337 g/mol. The first kappa shape index (κ1) is 14.8. The van der Waals surface area contributed by atoms with E-state index in [1.165, 1.54) is 32.1 Å². The molecule has 1 aliphatic heterocycles. The van der Waals surface area contributed by atoms with E-state index in [0.717, 1.165) is 31.4 Å². The van der Waals surface area contributed by atoms with E-state index in [2.05, 4.69) is 20.8 Å². The molecule has 5 heteroatoms. The summed E-state index contributed by atoms with van der Waals surface area (Å²) in [6.45, 7) is 2.76. The minimum absolute atomic E-state index is 0.353. The Hall–Kier alpha value is 0.390. The molecule has 106 valence electrons. The van der Waals surface area contributed by atoms with Crippen molar-refractivity contribution >= 4 is 25.8 Å². The summed E-state index contributed by atoms with van der Waals surface area (Å²) in [7, 11) is -2.77. The minimum Gasteiger partial charge on any atom is -0.302 e. The van der Waals surface area contributed by atoms with E-state index in [1.807, 2.05) is 0 Å². The van der Waals surface area contributed by atoms with Crippen molar-refractivity contribution in [2.45, 2.75) is 38.5 Å². The predicted octanol–water partition coefficient (Wildman–Crippen LogP) is 2.45. The first-order valence-corrected chi connectivity index (χ1v) is 9.98. The molecule has 0 atom stereocenters. The SMILES string of the molecule is O=S1(=O)CCCN(CC2(CBr)CCCCC2)CC1. The lowest BCUT2D eigenvalue weighted by molar-refractivity contribution is 0.132. The normalized spacial score (nSPS) is 28.7. The molecule has 2 fully saturated rings. The summed E-state index contributed by atoms with van der Waals surface area (Å²) in [5, 5.41) is 1.06. The number of hydrogen-bond donors (Lipinski definition) is 0. The van der Waals surface area contributed by atoms with Crippen LogP contribution in [0.5, 0.6) is 0 Å². The second-order valence-electron chi connectivity index (χ2n) is 5.98. The second kappa shape index (κ2) is 6.23.